The number of benzene rings is 2. The molecule has 0 radical (unpaired) electrons. The highest BCUT2D eigenvalue weighted by molar-refractivity contribution is 5.79. The summed E-state index contributed by atoms with van der Waals surface area (Å²) in [6, 6.07) is 12.3. The Hall–Kier alpha value is -3.09. The van der Waals surface area contributed by atoms with Crippen molar-refractivity contribution in [3.63, 3.8) is 0 Å². The van der Waals surface area contributed by atoms with Gasteiger partial charge in [-0.2, -0.15) is 0 Å². The van der Waals surface area contributed by atoms with E-state index in [9.17, 15) is 0 Å². The first-order valence-corrected chi connectivity index (χ1v) is 11.0. The minimum absolute atomic E-state index is 0.0821. The highest BCUT2D eigenvalue weighted by atomic mass is 16.5. The van der Waals surface area contributed by atoms with E-state index in [1.807, 2.05) is 18.2 Å². The SMILES string of the molecule is CN=C(NCc1cc(OC)c(OC)c(OC)c1)NCC1(c2cccc(OC)c2)CCCC1. The fraction of sp³-hybridized carbons (Fsp3) is 0.480. The molecule has 0 spiro atoms. The maximum atomic E-state index is 5.46. The van der Waals surface area contributed by atoms with Crippen LogP contribution in [-0.2, 0) is 12.0 Å². The number of guanidine groups is 1. The lowest BCUT2D eigenvalue weighted by molar-refractivity contribution is 0.323. The number of nitrogens with zero attached hydrogens (tertiary/aromatic N) is 1. The predicted molar refractivity (Wildman–Crippen MR) is 127 cm³/mol. The van der Waals surface area contributed by atoms with Gasteiger partial charge in [0.2, 0.25) is 5.75 Å². The summed E-state index contributed by atoms with van der Waals surface area (Å²) in [5, 5.41) is 6.95. The molecule has 7 heteroatoms. The van der Waals surface area contributed by atoms with Gasteiger partial charge in [0.15, 0.2) is 17.5 Å². The number of methoxy groups -OCH3 is 4. The summed E-state index contributed by atoms with van der Waals surface area (Å²) in [6.07, 6.45) is 4.76. The summed E-state index contributed by atoms with van der Waals surface area (Å²) in [5.74, 6) is 3.51. The van der Waals surface area contributed by atoms with Gasteiger partial charge in [-0.15, -0.1) is 0 Å². The second kappa shape index (κ2) is 11.0. The third-order valence-electron chi connectivity index (χ3n) is 6.25. The predicted octanol–water partition coefficient (Wildman–Crippen LogP) is 3.90. The molecule has 1 aliphatic rings. The molecule has 0 unspecified atom stereocenters. The van der Waals surface area contributed by atoms with E-state index in [2.05, 4.69) is 33.8 Å². The Kier molecular flexibility index (Phi) is 8.09. The molecule has 0 aromatic heterocycles. The van der Waals surface area contributed by atoms with Crippen LogP contribution < -0.4 is 29.6 Å². The van der Waals surface area contributed by atoms with Gasteiger partial charge in [0.05, 0.1) is 28.4 Å². The molecule has 1 aliphatic carbocycles. The van der Waals surface area contributed by atoms with Gasteiger partial charge < -0.3 is 29.6 Å². The Labute approximate surface area is 191 Å². The molecule has 2 aromatic carbocycles. The molecule has 3 rings (SSSR count). The van der Waals surface area contributed by atoms with Crippen LogP contribution >= 0.6 is 0 Å². The van der Waals surface area contributed by atoms with Gasteiger partial charge in [-0.25, -0.2) is 0 Å². The Morgan fingerprint density at radius 1 is 0.906 bits per heavy atom. The molecular weight excluding hydrogens is 406 g/mol. The first-order chi connectivity index (χ1) is 15.6. The maximum absolute atomic E-state index is 5.46. The molecule has 0 saturated heterocycles. The van der Waals surface area contributed by atoms with E-state index >= 15 is 0 Å². The summed E-state index contributed by atoms with van der Waals surface area (Å²) >= 11 is 0. The molecule has 0 heterocycles. The van der Waals surface area contributed by atoms with Gasteiger partial charge in [0, 0.05) is 25.6 Å². The van der Waals surface area contributed by atoms with Crippen LogP contribution in [0.3, 0.4) is 0 Å². The number of nitrogens with one attached hydrogen (secondary N) is 2. The lowest BCUT2D eigenvalue weighted by Crippen LogP contribution is -2.44. The summed E-state index contributed by atoms with van der Waals surface area (Å²) in [5.41, 5.74) is 2.41. The van der Waals surface area contributed by atoms with E-state index in [1.54, 1.807) is 35.5 Å². The van der Waals surface area contributed by atoms with E-state index < -0.39 is 0 Å². The molecule has 1 fully saturated rings. The molecule has 0 atom stereocenters. The summed E-state index contributed by atoms with van der Waals surface area (Å²) in [6.45, 7) is 1.39. The fourth-order valence-corrected chi connectivity index (χ4v) is 4.47. The number of rotatable bonds is 9. The van der Waals surface area contributed by atoms with Gasteiger partial charge in [-0.1, -0.05) is 25.0 Å². The van der Waals surface area contributed by atoms with Crippen LogP contribution in [0.2, 0.25) is 0 Å². The number of ether oxygens (including phenoxy) is 4. The van der Waals surface area contributed by atoms with Crippen molar-refractivity contribution >= 4 is 5.96 Å². The third kappa shape index (κ3) is 5.21. The average Bonchev–Trinajstić information content (AvgIpc) is 3.33. The van der Waals surface area contributed by atoms with Crippen molar-refractivity contribution in [2.24, 2.45) is 4.99 Å². The molecule has 32 heavy (non-hydrogen) atoms. The van der Waals surface area contributed by atoms with E-state index in [0.717, 1.165) is 36.7 Å². The standard InChI is InChI=1S/C25H35N3O4/c1-26-24(27-16-18-13-21(30-3)23(32-5)22(14-18)31-4)28-17-25(11-6-7-12-25)19-9-8-10-20(15-19)29-2/h8-10,13-15H,6-7,11-12,16-17H2,1-5H3,(H2,26,27,28). The van der Waals surface area contributed by atoms with Gasteiger partial charge in [-0.3, -0.25) is 4.99 Å². The van der Waals surface area contributed by atoms with E-state index in [4.69, 9.17) is 18.9 Å². The Morgan fingerprint density at radius 3 is 2.16 bits per heavy atom. The Balaban J connectivity index is 1.69. The highest BCUT2D eigenvalue weighted by Gasteiger charge is 2.36. The van der Waals surface area contributed by atoms with E-state index in [-0.39, 0.29) is 5.41 Å². The van der Waals surface area contributed by atoms with Crippen molar-refractivity contribution < 1.29 is 18.9 Å². The van der Waals surface area contributed by atoms with Crippen molar-refractivity contribution in [2.45, 2.75) is 37.6 Å². The lowest BCUT2D eigenvalue weighted by Gasteiger charge is -2.31. The molecular formula is C25H35N3O4. The average molecular weight is 442 g/mol. The first kappa shape index (κ1) is 23.6. The van der Waals surface area contributed by atoms with E-state index in [1.165, 1.54) is 18.4 Å². The smallest absolute Gasteiger partial charge is 0.203 e. The van der Waals surface area contributed by atoms with Gasteiger partial charge >= 0.3 is 0 Å². The normalized spacial score (nSPS) is 15.2. The van der Waals surface area contributed by atoms with Gasteiger partial charge in [0.25, 0.3) is 0 Å². The topological polar surface area (TPSA) is 73.3 Å². The molecule has 7 nitrogen and oxygen atoms in total. The van der Waals surface area contributed by atoms with Gasteiger partial charge in [-0.05, 0) is 48.2 Å². The second-order valence-corrected chi connectivity index (χ2v) is 8.03. The summed E-state index contributed by atoms with van der Waals surface area (Å²) in [7, 11) is 8.35. The summed E-state index contributed by atoms with van der Waals surface area (Å²) < 4.78 is 21.8. The molecule has 2 N–H and O–H groups in total. The lowest BCUT2D eigenvalue weighted by atomic mass is 9.78. The summed E-state index contributed by atoms with van der Waals surface area (Å²) in [4.78, 5) is 4.42. The highest BCUT2D eigenvalue weighted by Crippen LogP contribution is 2.41. The van der Waals surface area contributed by atoms with Crippen LogP contribution in [-0.4, -0.2) is 48.0 Å². The van der Waals surface area contributed by atoms with Crippen molar-refractivity contribution in [1.29, 1.82) is 0 Å². The first-order valence-electron chi connectivity index (χ1n) is 11.0. The zero-order chi connectivity index (χ0) is 23.0. The maximum Gasteiger partial charge on any atom is 0.203 e. The van der Waals surface area contributed by atoms with Crippen molar-refractivity contribution in [2.75, 3.05) is 42.0 Å². The van der Waals surface area contributed by atoms with Crippen LogP contribution in [0.15, 0.2) is 41.4 Å². The fourth-order valence-electron chi connectivity index (χ4n) is 4.47. The monoisotopic (exact) mass is 441 g/mol. The number of aliphatic imine (C=N–C) groups is 1. The minimum atomic E-state index is 0.0821. The Morgan fingerprint density at radius 2 is 1.59 bits per heavy atom. The van der Waals surface area contributed by atoms with Crippen LogP contribution in [0.5, 0.6) is 23.0 Å². The Bertz CT molecular complexity index is 898. The van der Waals surface area contributed by atoms with Gasteiger partial charge in [0.1, 0.15) is 5.75 Å². The molecule has 1 saturated carbocycles. The van der Waals surface area contributed by atoms with Crippen LogP contribution in [0.25, 0.3) is 0 Å². The van der Waals surface area contributed by atoms with Crippen molar-refractivity contribution in [1.82, 2.24) is 10.6 Å². The molecule has 174 valence electrons. The zero-order valence-electron chi connectivity index (χ0n) is 19.8. The van der Waals surface area contributed by atoms with Crippen molar-refractivity contribution in [3.05, 3.63) is 47.5 Å². The van der Waals surface area contributed by atoms with Crippen LogP contribution in [0.1, 0.15) is 36.8 Å². The number of hydrogen-bond donors (Lipinski definition) is 2. The third-order valence-corrected chi connectivity index (χ3v) is 6.25. The van der Waals surface area contributed by atoms with Crippen LogP contribution in [0.4, 0.5) is 0 Å². The second-order valence-electron chi connectivity index (χ2n) is 8.03. The van der Waals surface area contributed by atoms with Crippen LogP contribution in [0, 0.1) is 0 Å². The largest absolute Gasteiger partial charge is 0.497 e. The molecule has 0 aliphatic heterocycles. The number of hydrogen-bond acceptors (Lipinski definition) is 5. The zero-order valence-corrected chi connectivity index (χ0v) is 19.8. The minimum Gasteiger partial charge on any atom is -0.497 e. The molecule has 0 bridgehead atoms. The molecule has 2 aromatic rings. The van der Waals surface area contributed by atoms with Crippen molar-refractivity contribution in [3.8, 4) is 23.0 Å². The quantitative estimate of drug-likeness (QED) is 0.454. The molecule has 0 amide bonds. The van der Waals surface area contributed by atoms with E-state index in [0.29, 0.717) is 23.8 Å².